The molecule has 1 saturated heterocycles. The van der Waals surface area contributed by atoms with Crippen LogP contribution in [0.4, 0.5) is 0 Å². The molecule has 31 heavy (non-hydrogen) atoms. The molecular formula is C24H44Cl2N3SiTi+. The molecule has 2 fully saturated rings. The van der Waals surface area contributed by atoms with Gasteiger partial charge in [0, 0.05) is 0 Å². The van der Waals surface area contributed by atoms with E-state index >= 15 is 0 Å². The predicted molar refractivity (Wildman–Crippen MR) is 138 cm³/mol. The molecule has 2 aliphatic carbocycles. The van der Waals surface area contributed by atoms with Gasteiger partial charge in [0.1, 0.15) is 8.24 Å². The van der Waals surface area contributed by atoms with Crippen molar-refractivity contribution in [2.24, 2.45) is 29.6 Å². The van der Waals surface area contributed by atoms with Crippen LogP contribution < -0.4 is 0 Å². The molecule has 3 aliphatic rings. The average molecular weight is 521 g/mol. The number of hydrogen-bond donors (Lipinski definition) is 0. The SMILES string of the molecule is CCC[C@H]1CC([Si](C)(C)N2C[N-]C[N-]C2)C2C=C(C(C)C)C=C(C(C)C)C21.[CH3-].[Cl][Ti+4][Cl]. The number of nitrogens with zero attached hydrogens (tertiary/aromatic N) is 3. The summed E-state index contributed by atoms with van der Waals surface area (Å²) in [6, 6.07) is 0. The van der Waals surface area contributed by atoms with E-state index in [2.05, 4.69) is 75.1 Å². The Morgan fingerprint density at radius 3 is 2.19 bits per heavy atom. The molecule has 0 aromatic carbocycles. The third-order valence-electron chi connectivity index (χ3n) is 7.50. The monoisotopic (exact) mass is 520 g/mol. The van der Waals surface area contributed by atoms with E-state index in [9.17, 15) is 0 Å². The van der Waals surface area contributed by atoms with Gasteiger partial charge in [-0.15, -0.1) is 13.3 Å². The van der Waals surface area contributed by atoms with Gasteiger partial charge in [0.2, 0.25) is 0 Å². The third-order valence-corrected chi connectivity index (χ3v) is 11.9. The van der Waals surface area contributed by atoms with Crippen LogP contribution in [-0.2, 0) is 17.0 Å². The van der Waals surface area contributed by atoms with E-state index in [4.69, 9.17) is 18.6 Å². The molecule has 0 N–H and O–H groups in total. The van der Waals surface area contributed by atoms with Gasteiger partial charge >= 0.3 is 35.6 Å². The van der Waals surface area contributed by atoms with Crippen LogP contribution in [0.3, 0.4) is 0 Å². The summed E-state index contributed by atoms with van der Waals surface area (Å²) in [5, 5.41) is 9.22. The molecule has 176 valence electrons. The third kappa shape index (κ3) is 7.18. The zero-order valence-electron chi connectivity index (χ0n) is 21.0. The first kappa shape index (κ1) is 29.9. The topological polar surface area (TPSA) is 31.4 Å². The minimum absolute atomic E-state index is 0. The molecule has 1 heterocycles. The summed E-state index contributed by atoms with van der Waals surface area (Å²) < 4.78 is 2.66. The fourth-order valence-electron chi connectivity index (χ4n) is 5.85. The molecule has 0 aromatic rings. The van der Waals surface area contributed by atoms with E-state index in [0.29, 0.717) is 18.5 Å². The van der Waals surface area contributed by atoms with Crippen LogP contribution in [0.15, 0.2) is 23.3 Å². The molecule has 3 unspecified atom stereocenters. The Morgan fingerprint density at radius 1 is 1.13 bits per heavy atom. The van der Waals surface area contributed by atoms with Crippen molar-refractivity contribution < 1.29 is 17.0 Å². The first-order valence-electron chi connectivity index (χ1n) is 11.6. The first-order chi connectivity index (χ1) is 14.2. The van der Waals surface area contributed by atoms with E-state index < -0.39 is 25.3 Å². The summed E-state index contributed by atoms with van der Waals surface area (Å²) in [5.41, 5.74) is 4.14. The molecule has 1 aliphatic heterocycles. The second kappa shape index (κ2) is 13.7. The van der Waals surface area contributed by atoms with Crippen molar-refractivity contribution in [3.63, 3.8) is 0 Å². The van der Waals surface area contributed by atoms with Crippen molar-refractivity contribution in [3.05, 3.63) is 41.4 Å². The second-order valence-electron chi connectivity index (χ2n) is 10.3. The van der Waals surface area contributed by atoms with Gasteiger partial charge in [-0.05, 0) is 47.1 Å². The van der Waals surface area contributed by atoms with Crippen molar-refractivity contribution in [2.45, 2.75) is 72.5 Å². The van der Waals surface area contributed by atoms with Crippen molar-refractivity contribution in [1.82, 2.24) is 4.57 Å². The summed E-state index contributed by atoms with van der Waals surface area (Å²) in [7, 11) is 8.17. The van der Waals surface area contributed by atoms with Crippen molar-refractivity contribution >= 4 is 26.8 Å². The molecule has 0 amide bonds. The molecule has 7 heteroatoms. The van der Waals surface area contributed by atoms with Crippen LogP contribution in [0.1, 0.15) is 53.9 Å². The molecule has 0 spiro atoms. The quantitative estimate of drug-likeness (QED) is 0.255. The molecule has 3 rings (SSSR count). The average Bonchev–Trinajstić information content (AvgIpc) is 3.08. The van der Waals surface area contributed by atoms with E-state index in [1.807, 2.05) is 0 Å². The van der Waals surface area contributed by atoms with Crippen molar-refractivity contribution in [2.75, 3.05) is 20.0 Å². The zero-order chi connectivity index (χ0) is 22.5. The van der Waals surface area contributed by atoms with E-state index in [-0.39, 0.29) is 7.43 Å². The summed E-state index contributed by atoms with van der Waals surface area (Å²) in [6.07, 6.45) is 9.38. The molecule has 3 nitrogen and oxygen atoms in total. The normalized spacial score (nSPS) is 29.1. The van der Waals surface area contributed by atoms with E-state index in [1.165, 1.54) is 19.3 Å². The summed E-state index contributed by atoms with van der Waals surface area (Å²) in [5.74, 6) is 3.63. The van der Waals surface area contributed by atoms with Crippen LogP contribution in [0, 0.1) is 37.0 Å². The Hall–Kier alpha value is 0.871. The summed E-state index contributed by atoms with van der Waals surface area (Å²) in [6.45, 7) is 19.6. The first-order valence-corrected chi connectivity index (χ1v) is 18.9. The molecule has 0 bridgehead atoms. The van der Waals surface area contributed by atoms with Gasteiger partial charge in [-0.1, -0.05) is 78.3 Å². The van der Waals surface area contributed by atoms with Crippen LogP contribution in [-0.4, -0.2) is 32.8 Å². The van der Waals surface area contributed by atoms with Crippen molar-refractivity contribution in [1.29, 1.82) is 0 Å². The standard InChI is InChI=1S/C23H41N3Si.CH3.2ClH.Ti/c1-8-9-18-12-22(27(6,7)26-14-24-13-25-15-26)21-11-19(16(2)3)10-20(17(4)5)23(18)21;;;;/h10-11,16-18,21-23H,8-9,12-15H2,1-7H3;1H3;2*1H;/q-2;-1;;;+6/p-2/t18-,21?,22?,23?;;;;/m0..../s1. The van der Waals surface area contributed by atoms with Crippen LogP contribution in [0.5, 0.6) is 0 Å². The molecule has 0 aromatic heterocycles. The van der Waals surface area contributed by atoms with Crippen LogP contribution >= 0.6 is 18.6 Å². The maximum atomic E-state index is 4.89. The van der Waals surface area contributed by atoms with E-state index in [1.54, 1.807) is 11.1 Å². The Kier molecular flexibility index (Phi) is 13.2. The summed E-state index contributed by atoms with van der Waals surface area (Å²) >= 11 is -0.556. The summed E-state index contributed by atoms with van der Waals surface area (Å²) in [4.78, 5) is 0. The fourth-order valence-corrected chi connectivity index (χ4v) is 9.37. The second-order valence-corrected chi connectivity index (χ2v) is 17.5. The Balaban J connectivity index is 0.00000113. The molecule has 0 radical (unpaired) electrons. The Morgan fingerprint density at radius 2 is 1.71 bits per heavy atom. The van der Waals surface area contributed by atoms with Gasteiger partial charge < -0.3 is 22.6 Å². The maximum absolute atomic E-state index is 4.89. The van der Waals surface area contributed by atoms with Gasteiger partial charge in [0.05, 0.1) is 0 Å². The predicted octanol–water partition coefficient (Wildman–Crippen LogP) is 8.55. The Bertz CT molecular complexity index is 604. The zero-order valence-corrected chi connectivity index (χ0v) is 25.0. The van der Waals surface area contributed by atoms with Gasteiger partial charge in [0.15, 0.2) is 0 Å². The fraction of sp³-hybridized carbons (Fsp3) is 0.792. The minimum atomic E-state index is -1.60. The number of hydrogen-bond acceptors (Lipinski definition) is 1. The number of allylic oxidation sites excluding steroid dienone is 4. The van der Waals surface area contributed by atoms with Crippen molar-refractivity contribution in [3.8, 4) is 0 Å². The van der Waals surface area contributed by atoms with Crippen LogP contribution in [0.2, 0.25) is 18.6 Å². The Labute approximate surface area is 210 Å². The number of fused-ring (bicyclic) bond motifs is 1. The van der Waals surface area contributed by atoms with Gasteiger partial charge in [0.25, 0.3) is 0 Å². The number of halogens is 2. The van der Waals surface area contributed by atoms with E-state index in [0.717, 1.165) is 36.6 Å². The molecule has 1 saturated carbocycles. The molecular weight excluding hydrogens is 477 g/mol. The van der Waals surface area contributed by atoms with Crippen LogP contribution in [0.25, 0.3) is 10.6 Å². The van der Waals surface area contributed by atoms with Gasteiger partial charge in [-0.3, -0.25) is 6.67 Å². The number of rotatable bonds is 6. The molecule has 4 atom stereocenters. The van der Waals surface area contributed by atoms with Gasteiger partial charge in [-0.2, -0.15) is 0 Å². The van der Waals surface area contributed by atoms with Gasteiger partial charge in [-0.25, -0.2) is 0 Å².